The Morgan fingerprint density at radius 1 is 1.36 bits per heavy atom. The predicted molar refractivity (Wildman–Crippen MR) is 116 cm³/mol. The van der Waals surface area contributed by atoms with Crippen LogP contribution < -0.4 is 15.4 Å². The zero-order valence-electron chi connectivity index (χ0n) is 16.8. The summed E-state index contributed by atoms with van der Waals surface area (Å²) in [5, 5.41) is 8.89. The van der Waals surface area contributed by atoms with E-state index in [4.69, 9.17) is 9.73 Å². The molecule has 2 unspecified atom stereocenters. The van der Waals surface area contributed by atoms with E-state index >= 15 is 0 Å². The predicted octanol–water partition coefficient (Wildman–Crippen LogP) is 3.16. The highest BCUT2D eigenvalue weighted by Crippen LogP contribution is 2.37. The molecule has 1 fully saturated rings. The van der Waals surface area contributed by atoms with Crippen LogP contribution >= 0.6 is 11.3 Å². The van der Waals surface area contributed by atoms with Gasteiger partial charge in [-0.05, 0) is 62.9 Å². The van der Waals surface area contributed by atoms with Gasteiger partial charge in [0, 0.05) is 30.2 Å². The molecule has 6 nitrogen and oxygen atoms in total. The van der Waals surface area contributed by atoms with Crippen LogP contribution in [0.4, 0.5) is 0 Å². The van der Waals surface area contributed by atoms with Crippen LogP contribution in [0, 0.1) is 5.92 Å². The second kappa shape index (κ2) is 11.0. The fraction of sp³-hybridized carbons (Fsp3) is 0.524. The van der Waals surface area contributed by atoms with Gasteiger partial charge in [-0.3, -0.25) is 14.9 Å². The average molecular weight is 402 g/mol. The summed E-state index contributed by atoms with van der Waals surface area (Å²) in [7, 11) is 2.24. The smallest absolute Gasteiger partial charge is 0.191 e. The number of guanidine groups is 1. The molecule has 2 N–H and O–H groups in total. The lowest BCUT2D eigenvalue weighted by molar-refractivity contribution is 0.128. The van der Waals surface area contributed by atoms with E-state index in [2.05, 4.69) is 52.0 Å². The lowest BCUT2D eigenvalue weighted by atomic mass is 9.88. The summed E-state index contributed by atoms with van der Waals surface area (Å²) in [4.78, 5) is 12.9. The van der Waals surface area contributed by atoms with Gasteiger partial charge in [-0.2, -0.15) is 0 Å². The summed E-state index contributed by atoms with van der Waals surface area (Å²) in [6.07, 6.45) is 5.93. The Hall–Kier alpha value is -2.12. The van der Waals surface area contributed by atoms with E-state index in [0.29, 0.717) is 25.1 Å². The maximum Gasteiger partial charge on any atom is 0.191 e. The maximum atomic E-state index is 5.70. The van der Waals surface area contributed by atoms with Crippen molar-refractivity contribution in [2.24, 2.45) is 10.9 Å². The molecule has 3 rings (SSSR count). The molecule has 0 bridgehead atoms. The molecule has 1 aliphatic rings. The highest BCUT2D eigenvalue weighted by Gasteiger charge is 2.31. The third-order valence-corrected chi connectivity index (χ3v) is 5.91. The fourth-order valence-corrected chi connectivity index (χ4v) is 4.66. The first-order valence-corrected chi connectivity index (χ1v) is 10.9. The Morgan fingerprint density at radius 2 is 2.29 bits per heavy atom. The van der Waals surface area contributed by atoms with Crippen LogP contribution in [0.3, 0.4) is 0 Å². The van der Waals surface area contributed by atoms with Crippen molar-refractivity contribution in [1.29, 1.82) is 0 Å². The van der Waals surface area contributed by atoms with Gasteiger partial charge in [0.05, 0.1) is 12.7 Å². The number of ether oxygens (including phenoxy) is 1. The molecule has 2 aromatic heterocycles. The zero-order chi connectivity index (χ0) is 19.6. The number of nitrogens with one attached hydrogen (secondary N) is 2. The largest absolute Gasteiger partial charge is 0.490 e. The maximum absolute atomic E-state index is 5.70. The highest BCUT2D eigenvalue weighted by atomic mass is 32.1. The summed E-state index contributed by atoms with van der Waals surface area (Å²) in [5.41, 5.74) is 0. The fourth-order valence-electron chi connectivity index (χ4n) is 3.68. The molecule has 3 heterocycles. The van der Waals surface area contributed by atoms with Crippen LogP contribution in [0.25, 0.3) is 0 Å². The van der Waals surface area contributed by atoms with Crippen molar-refractivity contribution in [2.45, 2.75) is 25.8 Å². The number of hydrogen-bond acceptors (Lipinski definition) is 5. The third-order valence-electron chi connectivity index (χ3n) is 4.97. The Morgan fingerprint density at radius 3 is 3.04 bits per heavy atom. The molecule has 28 heavy (non-hydrogen) atoms. The molecule has 0 aromatic carbocycles. The summed E-state index contributed by atoms with van der Waals surface area (Å²) in [5.74, 6) is 2.19. The van der Waals surface area contributed by atoms with E-state index in [1.165, 1.54) is 17.7 Å². The van der Waals surface area contributed by atoms with E-state index in [-0.39, 0.29) is 0 Å². The monoisotopic (exact) mass is 401 g/mol. The summed E-state index contributed by atoms with van der Waals surface area (Å²) >= 11 is 1.85. The SMILES string of the molecule is CCNC(=NCC1CCCN(C)C1c1cccs1)NCCOc1cccnc1. The van der Waals surface area contributed by atoms with Crippen molar-refractivity contribution in [2.75, 3.05) is 39.8 Å². The highest BCUT2D eigenvalue weighted by molar-refractivity contribution is 7.10. The van der Waals surface area contributed by atoms with Crippen molar-refractivity contribution in [3.63, 3.8) is 0 Å². The molecule has 0 spiro atoms. The minimum atomic E-state index is 0.467. The first kappa shape index (κ1) is 20.6. The van der Waals surface area contributed by atoms with Crippen molar-refractivity contribution in [1.82, 2.24) is 20.5 Å². The minimum absolute atomic E-state index is 0.467. The molecular weight excluding hydrogens is 370 g/mol. The molecule has 1 aliphatic heterocycles. The topological polar surface area (TPSA) is 61.8 Å². The van der Waals surface area contributed by atoms with Crippen LogP contribution in [-0.2, 0) is 0 Å². The first-order chi connectivity index (χ1) is 13.8. The molecule has 1 saturated heterocycles. The Balaban J connectivity index is 1.53. The molecule has 0 amide bonds. The van der Waals surface area contributed by atoms with Crippen molar-refractivity contribution >= 4 is 17.3 Å². The van der Waals surface area contributed by atoms with Crippen LogP contribution in [-0.4, -0.2) is 55.7 Å². The van der Waals surface area contributed by atoms with Gasteiger partial charge in [0.1, 0.15) is 12.4 Å². The number of likely N-dealkylation sites (tertiary alicyclic amines) is 1. The number of piperidine rings is 1. The molecule has 7 heteroatoms. The van der Waals surface area contributed by atoms with Crippen LogP contribution in [0.2, 0.25) is 0 Å². The van der Waals surface area contributed by atoms with Gasteiger partial charge in [0.25, 0.3) is 0 Å². The molecular formula is C21H31N5OS. The van der Waals surface area contributed by atoms with Gasteiger partial charge in [0.2, 0.25) is 0 Å². The second-order valence-corrected chi connectivity index (χ2v) is 8.01. The Bertz CT molecular complexity index is 707. The summed E-state index contributed by atoms with van der Waals surface area (Å²) in [6.45, 7) is 6.18. The molecule has 0 saturated carbocycles. The zero-order valence-corrected chi connectivity index (χ0v) is 17.6. The number of aliphatic imine (C=N–C) groups is 1. The summed E-state index contributed by atoms with van der Waals surface area (Å²) < 4.78 is 5.70. The van der Waals surface area contributed by atoms with E-state index in [1.54, 1.807) is 12.4 Å². The second-order valence-electron chi connectivity index (χ2n) is 7.03. The number of nitrogens with zero attached hydrogens (tertiary/aromatic N) is 3. The van der Waals surface area contributed by atoms with Crippen molar-refractivity contribution in [3.05, 3.63) is 46.9 Å². The number of pyridine rings is 1. The van der Waals surface area contributed by atoms with Crippen LogP contribution in [0.5, 0.6) is 5.75 Å². The van der Waals surface area contributed by atoms with Crippen LogP contribution in [0.1, 0.15) is 30.7 Å². The van der Waals surface area contributed by atoms with Gasteiger partial charge >= 0.3 is 0 Å². The van der Waals surface area contributed by atoms with Gasteiger partial charge in [0.15, 0.2) is 5.96 Å². The van der Waals surface area contributed by atoms with E-state index < -0.39 is 0 Å². The van der Waals surface area contributed by atoms with Crippen molar-refractivity contribution < 1.29 is 4.74 Å². The molecule has 2 atom stereocenters. The molecule has 0 aliphatic carbocycles. The average Bonchev–Trinajstić information content (AvgIpc) is 3.24. The van der Waals surface area contributed by atoms with E-state index in [0.717, 1.165) is 31.3 Å². The minimum Gasteiger partial charge on any atom is -0.490 e. The standard InChI is InChI=1S/C21H31N5OS/c1-3-23-21(24-11-13-27-18-8-4-10-22-16-18)25-15-17-7-5-12-26(2)20(17)19-9-6-14-28-19/h4,6,8-10,14,16-17,20H,3,5,7,11-13,15H2,1-2H3,(H2,23,24,25). The van der Waals surface area contributed by atoms with Crippen molar-refractivity contribution in [3.8, 4) is 5.75 Å². The summed E-state index contributed by atoms with van der Waals surface area (Å²) in [6, 6.07) is 8.66. The lowest BCUT2D eigenvalue weighted by Gasteiger charge is -2.38. The number of hydrogen-bond donors (Lipinski definition) is 2. The van der Waals surface area contributed by atoms with Crippen LogP contribution in [0.15, 0.2) is 47.0 Å². The lowest BCUT2D eigenvalue weighted by Crippen LogP contribution is -2.41. The normalized spacial score (nSPS) is 20.7. The number of rotatable bonds is 8. The first-order valence-electron chi connectivity index (χ1n) is 10.1. The molecule has 0 radical (unpaired) electrons. The van der Waals surface area contributed by atoms with Gasteiger partial charge < -0.3 is 15.4 Å². The number of aromatic nitrogens is 1. The van der Waals surface area contributed by atoms with E-state index in [9.17, 15) is 0 Å². The van der Waals surface area contributed by atoms with Gasteiger partial charge in [-0.25, -0.2) is 0 Å². The Kier molecular flexibility index (Phi) is 8.11. The van der Waals surface area contributed by atoms with E-state index in [1.807, 2.05) is 23.5 Å². The Labute approximate surface area is 172 Å². The van der Waals surface area contributed by atoms with Gasteiger partial charge in [-0.15, -0.1) is 11.3 Å². The third kappa shape index (κ3) is 5.94. The number of thiophene rings is 1. The molecule has 152 valence electrons. The van der Waals surface area contributed by atoms with Gasteiger partial charge in [-0.1, -0.05) is 6.07 Å². The quantitative estimate of drug-likeness (QED) is 0.404. The molecule has 2 aromatic rings.